The molecule has 1 aliphatic rings. The molecule has 3 rings (SSSR count). The lowest BCUT2D eigenvalue weighted by atomic mass is 10.1. The molecule has 5 heteroatoms. The first-order valence-corrected chi connectivity index (χ1v) is 9.20. The molecule has 2 aromatic rings. The second-order valence-electron chi connectivity index (χ2n) is 6.32. The summed E-state index contributed by atoms with van der Waals surface area (Å²) in [5.41, 5.74) is 1.08. The van der Waals surface area contributed by atoms with E-state index >= 15 is 0 Å². The predicted molar refractivity (Wildman–Crippen MR) is 93.8 cm³/mol. The van der Waals surface area contributed by atoms with Crippen LogP contribution in [0.1, 0.15) is 38.1 Å². The number of hydrogen-bond donors (Lipinski definition) is 0. The van der Waals surface area contributed by atoms with Crippen LogP contribution in [0.5, 0.6) is 0 Å². The number of rotatable bonds is 5. The van der Waals surface area contributed by atoms with Gasteiger partial charge in [0.2, 0.25) is 5.91 Å². The van der Waals surface area contributed by atoms with E-state index < -0.39 is 0 Å². The Labute approximate surface area is 141 Å². The molecular weight excluding hydrogens is 308 g/mol. The summed E-state index contributed by atoms with van der Waals surface area (Å²) in [4.78, 5) is 19.0. The van der Waals surface area contributed by atoms with E-state index in [9.17, 15) is 4.79 Å². The maximum absolute atomic E-state index is 12.4. The quantitative estimate of drug-likeness (QED) is 0.785. The second-order valence-corrected chi connectivity index (χ2v) is 7.44. The van der Waals surface area contributed by atoms with E-state index in [0.29, 0.717) is 13.0 Å². The van der Waals surface area contributed by atoms with Gasteiger partial charge in [-0.3, -0.25) is 4.79 Å². The topological polar surface area (TPSA) is 42.4 Å². The van der Waals surface area contributed by atoms with Crippen molar-refractivity contribution in [2.75, 3.05) is 13.2 Å². The Morgan fingerprint density at radius 1 is 1.35 bits per heavy atom. The first-order chi connectivity index (χ1) is 11.1. The van der Waals surface area contributed by atoms with Crippen molar-refractivity contribution in [3.05, 3.63) is 29.3 Å². The Kier molecular flexibility index (Phi) is 5.28. The lowest BCUT2D eigenvalue weighted by Gasteiger charge is -2.36. The van der Waals surface area contributed by atoms with Crippen LogP contribution < -0.4 is 0 Å². The normalized spacial score (nSPS) is 21.7. The van der Waals surface area contributed by atoms with E-state index in [0.717, 1.165) is 31.3 Å². The molecule has 0 aliphatic carbocycles. The summed E-state index contributed by atoms with van der Waals surface area (Å²) in [7, 11) is 0. The summed E-state index contributed by atoms with van der Waals surface area (Å²) >= 11 is 1.76. The van der Waals surface area contributed by atoms with E-state index in [1.54, 1.807) is 11.3 Å². The molecule has 4 nitrogen and oxygen atoms in total. The van der Waals surface area contributed by atoms with Gasteiger partial charge in [-0.15, -0.1) is 11.3 Å². The maximum atomic E-state index is 12.4. The number of unbranched alkanes of at least 4 members (excludes halogenated alkanes) is 1. The highest BCUT2D eigenvalue weighted by Crippen LogP contribution is 2.23. The molecule has 1 aliphatic heterocycles. The van der Waals surface area contributed by atoms with Crippen LogP contribution in [-0.4, -0.2) is 41.1 Å². The molecule has 0 spiro atoms. The van der Waals surface area contributed by atoms with Crippen LogP contribution in [0.4, 0.5) is 0 Å². The standard InChI is InChI=1S/C18H24N2O2S/c1-13-12-22-14(2)11-20(13)18(21)10-6-5-9-17-19-15-7-3-4-8-16(15)23-17/h3-4,7-8,13-14H,5-6,9-12H2,1-2H3. The number of morpholine rings is 1. The van der Waals surface area contributed by atoms with Gasteiger partial charge in [-0.1, -0.05) is 12.1 Å². The molecule has 0 N–H and O–H groups in total. The number of para-hydroxylation sites is 1. The molecule has 1 amide bonds. The third kappa shape index (κ3) is 4.09. The molecule has 0 saturated carbocycles. The Morgan fingerprint density at radius 3 is 3.00 bits per heavy atom. The van der Waals surface area contributed by atoms with E-state index in [2.05, 4.69) is 24.0 Å². The summed E-state index contributed by atoms with van der Waals surface area (Å²) in [6.45, 7) is 5.46. The second kappa shape index (κ2) is 7.41. The number of aryl methyl sites for hydroxylation is 1. The van der Waals surface area contributed by atoms with Crippen LogP contribution in [0.25, 0.3) is 10.2 Å². The monoisotopic (exact) mass is 332 g/mol. The number of carbonyl (C=O) groups is 1. The molecule has 1 saturated heterocycles. The minimum Gasteiger partial charge on any atom is -0.375 e. The fourth-order valence-corrected chi connectivity index (χ4v) is 3.98. The summed E-state index contributed by atoms with van der Waals surface area (Å²) in [5.74, 6) is 0.261. The van der Waals surface area contributed by atoms with Crippen LogP contribution in [0.2, 0.25) is 0 Å². The van der Waals surface area contributed by atoms with Crippen molar-refractivity contribution in [3.63, 3.8) is 0 Å². The molecule has 0 bridgehead atoms. The Hall–Kier alpha value is -1.46. The zero-order chi connectivity index (χ0) is 16.2. The first kappa shape index (κ1) is 16.4. The predicted octanol–water partition coefficient (Wildman–Crippen LogP) is 3.64. The largest absolute Gasteiger partial charge is 0.375 e. The van der Waals surface area contributed by atoms with E-state index in [-0.39, 0.29) is 18.1 Å². The van der Waals surface area contributed by atoms with Gasteiger partial charge in [0, 0.05) is 13.0 Å². The molecule has 2 unspecified atom stereocenters. The van der Waals surface area contributed by atoms with Crippen molar-refractivity contribution in [1.29, 1.82) is 0 Å². The van der Waals surface area contributed by atoms with Crippen LogP contribution in [0.3, 0.4) is 0 Å². The third-order valence-corrected chi connectivity index (χ3v) is 5.39. The van der Waals surface area contributed by atoms with Gasteiger partial charge in [0.1, 0.15) is 0 Å². The molecule has 2 heterocycles. The fourth-order valence-electron chi connectivity index (χ4n) is 2.97. The van der Waals surface area contributed by atoms with Crippen molar-refractivity contribution in [3.8, 4) is 0 Å². The summed E-state index contributed by atoms with van der Waals surface area (Å²) in [6.07, 6.45) is 3.68. The van der Waals surface area contributed by atoms with Gasteiger partial charge in [0.15, 0.2) is 0 Å². The smallest absolute Gasteiger partial charge is 0.222 e. The molecular formula is C18H24N2O2S. The highest BCUT2D eigenvalue weighted by molar-refractivity contribution is 7.18. The molecule has 23 heavy (non-hydrogen) atoms. The van der Waals surface area contributed by atoms with Gasteiger partial charge in [-0.05, 0) is 45.2 Å². The van der Waals surface area contributed by atoms with Crippen LogP contribution in [0, 0.1) is 0 Å². The van der Waals surface area contributed by atoms with Crippen LogP contribution in [0.15, 0.2) is 24.3 Å². The number of ether oxygens (including phenoxy) is 1. The Balaban J connectivity index is 1.44. The third-order valence-electron chi connectivity index (χ3n) is 4.30. The number of thiazole rings is 1. The number of aromatic nitrogens is 1. The van der Waals surface area contributed by atoms with Crippen molar-refractivity contribution in [2.45, 2.75) is 51.7 Å². The molecule has 1 aromatic carbocycles. The average molecular weight is 332 g/mol. The number of carbonyl (C=O) groups excluding carboxylic acids is 1. The van der Waals surface area contributed by atoms with Crippen molar-refractivity contribution in [1.82, 2.24) is 9.88 Å². The van der Waals surface area contributed by atoms with E-state index in [1.807, 2.05) is 24.0 Å². The number of amides is 1. The SMILES string of the molecule is CC1CN(C(=O)CCCCc2nc3ccccc3s2)C(C)CO1. The molecule has 2 atom stereocenters. The van der Waals surface area contributed by atoms with E-state index in [4.69, 9.17) is 4.74 Å². The van der Waals surface area contributed by atoms with Gasteiger partial charge in [-0.2, -0.15) is 0 Å². The zero-order valence-electron chi connectivity index (χ0n) is 13.8. The van der Waals surface area contributed by atoms with Crippen LogP contribution >= 0.6 is 11.3 Å². The van der Waals surface area contributed by atoms with E-state index in [1.165, 1.54) is 9.71 Å². The van der Waals surface area contributed by atoms with Gasteiger partial charge in [0.25, 0.3) is 0 Å². The molecule has 1 fully saturated rings. The lowest BCUT2D eigenvalue weighted by molar-refractivity contribution is -0.143. The Bertz CT molecular complexity index is 637. The summed E-state index contributed by atoms with van der Waals surface area (Å²) in [5, 5.41) is 1.17. The highest BCUT2D eigenvalue weighted by Gasteiger charge is 2.26. The molecule has 1 aromatic heterocycles. The molecule has 0 radical (unpaired) electrons. The van der Waals surface area contributed by atoms with Gasteiger partial charge in [0.05, 0.1) is 34.0 Å². The Morgan fingerprint density at radius 2 is 2.17 bits per heavy atom. The number of benzene rings is 1. The number of nitrogens with zero attached hydrogens (tertiary/aromatic N) is 2. The van der Waals surface area contributed by atoms with Gasteiger partial charge < -0.3 is 9.64 Å². The van der Waals surface area contributed by atoms with Crippen molar-refractivity contribution in [2.24, 2.45) is 0 Å². The number of hydrogen-bond acceptors (Lipinski definition) is 4. The minimum atomic E-state index is 0.151. The first-order valence-electron chi connectivity index (χ1n) is 8.39. The zero-order valence-corrected chi connectivity index (χ0v) is 14.6. The highest BCUT2D eigenvalue weighted by atomic mass is 32.1. The molecule has 124 valence electrons. The average Bonchev–Trinajstić information content (AvgIpc) is 2.96. The van der Waals surface area contributed by atoms with Gasteiger partial charge in [-0.25, -0.2) is 4.98 Å². The van der Waals surface area contributed by atoms with Crippen molar-refractivity contribution < 1.29 is 9.53 Å². The fraction of sp³-hybridized carbons (Fsp3) is 0.556. The number of fused-ring (bicyclic) bond motifs is 1. The van der Waals surface area contributed by atoms with Crippen LogP contribution in [-0.2, 0) is 16.0 Å². The summed E-state index contributed by atoms with van der Waals surface area (Å²) < 4.78 is 6.83. The lowest BCUT2D eigenvalue weighted by Crippen LogP contribution is -2.50. The maximum Gasteiger partial charge on any atom is 0.222 e. The van der Waals surface area contributed by atoms with Crippen molar-refractivity contribution >= 4 is 27.5 Å². The summed E-state index contributed by atoms with van der Waals surface area (Å²) in [6, 6.07) is 8.44. The van der Waals surface area contributed by atoms with Gasteiger partial charge >= 0.3 is 0 Å². The minimum absolute atomic E-state index is 0.151.